The molecule has 1 aliphatic rings. The van der Waals surface area contributed by atoms with Gasteiger partial charge in [0.15, 0.2) is 0 Å². The molecule has 0 aliphatic carbocycles. The Morgan fingerprint density at radius 3 is 2.92 bits per heavy atom. The lowest BCUT2D eigenvalue weighted by atomic mass is 10.2. The SMILES string of the molecule is CC1SCCN(/C(N)=N/O)C1C. The molecule has 0 spiro atoms. The lowest BCUT2D eigenvalue weighted by Gasteiger charge is -2.37. The molecule has 12 heavy (non-hydrogen) atoms. The van der Waals surface area contributed by atoms with E-state index in [9.17, 15) is 0 Å². The zero-order chi connectivity index (χ0) is 9.14. The summed E-state index contributed by atoms with van der Waals surface area (Å²) in [6, 6.07) is 0.347. The van der Waals surface area contributed by atoms with Crippen LogP contribution in [0.4, 0.5) is 0 Å². The van der Waals surface area contributed by atoms with Gasteiger partial charge in [-0.15, -0.1) is 0 Å². The van der Waals surface area contributed by atoms with Crippen LogP contribution < -0.4 is 5.73 Å². The normalized spacial score (nSPS) is 32.2. The molecular formula is C7H15N3OS. The van der Waals surface area contributed by atoms with E-state index in [0.717, 1.165) is 12.3 Å². The van der Waals surface area contributed by atoms with Crippen LogP contribution in [0, 0.1) is 0 Å². The van der Waals surface area contributed by atoms with Crippen LogP contribution in [0.3, 0.4) is 0 Å². The van der Waals surface area contributed by atoms with E-state index in [0.29, 0.717) is 11.3 Å². The van der Waals surface area contributed by atoms with Gasteiger partial charge in [-0.2, -0.15) is 11.8 Å². The molecular weight excluding hydrogens is 174 g/mol. The molecule has 0 radical (unpaired) electrons. The third-order valence-corrected chi connectivity index (χ3v) is 3.62. The van der Waals surface area contributed by atoms with Crippen molar-refractivity contribution < 1.29 is 5.21 Å². The molecule has 0 aromatic rings. The molecule has 1 rings (SSSR count). The fourth-order valence-corrected chi connectivity index (χ4v) is 2.41. The third kappa shape index (κ3) is 1.77. The highest BCUT2D eigenvalue weighted by Gasteiger charge is 2.26. The number of rotatable bonds is 0. The predicted octanol–water partition coefficient (Wildman–Crippen LogP) is 0.516. The van der Waals surface area contributed by atoms with E-state index in [4.69, 9.17) is 10.9 Å². The molecule has 1 saturated heterocycles. The van der Waals surface area contributed by atoms with Crippen LogP contribution in [-0.2, 0) is 0 Å². The molecule has 3 N–H and O–H groups in total. The van der Waals surface area contributed by atoms with Gasteiger partial charge in [-0.05, 0) is 6.92 Å². The molecule has 4 nitrogen and oxygen atoms in total. The second kappa shape index (κ2) is 3.89. The number of oxime groups is 1. The standard InChI is InChI=1S/C7H15N3OS/c1-5-6(2)12-4-3-10(5)7(8)9-11/h5-6,11H,3-4H2,1-2H3,(H2,8,9). The van der Waals surface area contributed by atoms with Crippen LogP contribution in [0.2, 0.25) is 0 Å². The van der Waals surface area contributed by atoms with E-state index < -0.39 is 0 Å². The number of hydrogen-bond acceptors (Lipinski definition) is 3. The van der Waals surface area contributed by atoms with Gasteiger partial charge in [0, 0.05) is 23.6 Å². The second-order valence-corrected chi connectivity index (χ2v) is 4.45. The van der Waals surface area contributed by atoms with E-state index in [1.165, 1.54) is 0 Å². The zero-order valence-corrected chi connectivity index (χ0v) is 8.21. The van der Waals surface area contributed by atoms with Crippen molar-refractivity contribution in [1.29, 1.82) is 0 Å². The van der Waals surface area contributed by atoms with E-state index in [1.807, 2.05) is 16.7 Å². The summed E-state index contributed by atoms with van der Waals surface area (Å²) in [6.45, 7) is 5.12. The first-order valence-corrected chi connectivity index (χ1v) is 5.07. The topological polar surface area (TPSA) is 61.8 Å². The average molecular weight is 189 g/mol. The van der Waals surface area contributed by atoms with Crippen LogP contribution in [-0.4, -0.2) is 39.7 Å². The molecule has 0 amide bonds. The van der Waals surface area contributed by atoms with Crippen molar-refractivity contribution in [3.8, 4) is 0 Å². The molecule has 1 heterocycles. The number of hydrogen-bond donors (Lipinski definition) is 2. The minimum absolute atomic E-state index is 0.231. The summed E-state index contributed by atoms with van der Waals surface area (Å²) < 4.78 is 0. The Morgan fingerprint density at radius 2 is 2.33 bits per heavy atom. The van der Waals surface area contributed by atoms with Gasteiger partial charge in [0.05, 0.1) is 0 Å². The van der Waals surface area contributed by atoms with Gasteiger partial charge in [-0.1, -0.05) is 12.1 Å². The van der Waals surface area contributed by atoms with Crippen LogP contribution in [0.5, 0.6) is 0 Å². The van der Waals surface area contributed by atoms with E-state index >= 15 is 0 Å². The number of thioether (sulfide) groups is 1. The third-order valence-electron chi connectivity index (χ3n) is 2.28. The zero-order valence-electron chi connectivity index (χ0n) is 7.40. The smallest absolute Gasteiger partial charge is 0.233 e. The molecule has 0 aromatic heterocycles. The summed E-state index contributed by atoms with van der Waals surface area (Å²) in [5, 5.41) is 12.1. The molecule has 0 aromatic carbocycles. The van der Waals surface area contributed by atoms with Crippen LogP contribution >= 0.6 is 11.8 Å². The Bertz CT molecular complexity index is 185. The van der Waals surface area contributed by atoms with Gasteiger partial charge in [-0.25, -0.2) is 0 Å². The number of guanidine groups is 1. The van der Waals surface area contributed by atoms with E-state index in [2.05, 4.69) is 19.0 Å². The first-order valence-electron chi connectivity index (χ1n) is 4.02. The van der Waals surface area contributed by atoms with Crippen LogP contribution in [0.25, 0.3) is 0 Å². The highest BCUT2D eigenvalue weighted by atomic mass is 32.2. The quantitative estimate of drug-likeness (QED) is 0.252. The van der Waals surface area contributed by atoms with Gasteiger partial charge in [-0.3, -0.25) is 0 Å². The number of nitrogens with zero attached hydrogens (tertiary/aromatic N) is 2. The Hall–Kier alpha value is -0.580. The monoisotopic (exact) mass is 189 g/mol. The van der Waals surface area contributed by atoms with Crippen LogP contribution in [0.15, 0.2) is 5.16 Å². The van der Waals surface area contributed by atoms with Gasteiger partial charge in [0.2, 0.25) is 5.96 Å². The Labute approximate surface area is 76.8 Å². The van der Waals surface area contributed by atoms with Crippen molar-refractivity contribution in [3.05, 3.63) is 0 Å². The number of nitrogens with two attached hydrogens (primary N) is 1. The largest absolute Gasteiger partial charge is 0.408 e. The maximum Gasteiger partial charge on any atom is 0.233 e. The highest BCUT2D eigenvalue weighted by molar-refractivity contribution is 8.00. The van der Waals surface area contributed by atoms with Crippen molar-refractivity contribution in [2.75, 3.05) is 12.3 Å². The summed E-state index contributed by atoms with van der Waals surface area (Å²) in [4.78, 5) is 1.93. The van der Waals surface area contributed by atoms with Gasteiger partial charge < -0.3 is 15.8 Å². The van der Waals surface area contributed by atoms with Gasteiger partial charge in [0.1, 0.15) is 0 Å². The van der Waals surface area contributed by atoms with Crippen LogP contribution in [0.1, 0.15) is 13.8 Å². The lowest BCUT2D eigenvalue weighted by molar-refractivity contribution is 0.277. The second-order valence-electron chi connectivity index (χ2n) is 2.97. The first kappa shape index (κ1) is 9.51. The predicted molar refractivity (Wildman–Crippen MR) is 51.5 cm³/mol. The van der Waals surface area contributed by atoms with Crippen molar-refractivity contribution >= 4 is 17.7 Å². The van der Waals surface area contributed by atoms with E-state index in [-0.39, 0.29) is 5.96 Å². The molecule has 1 fully saturated rings. The summed E-state index contributed by atoms with van der Waals surface area (Å²) in [5.74, 6) is 1.27. The molecule has 0 saturated carbocycles. The first-order chi connectivity index (χ1) is 5.66. The maximum absolute atomic E-state index is 8.51. The Balaban J connectivity index is 2.64. The molecule has 2 atom stereocenters. The fourth-order valence-electron chi connectivity index (χ4n) is 1.31. The molecule has 1 aliphatic heterocycles. The molecule has 0 bridgehead atoms. The van der Waals surface area contributed by atoms with Crippen molar-refractivity contribution in [2.24, 2.45) is 10.9 Å². The minimum atomic E-state index is 0.231. The van der Waals surface area contributed by atoms with Crippen molar-refractivity contribution in [1.82, 2.24) is 4.90 Å². The average Bonchev–Trinajstić information content (AvgIpc) is 2.08. The highest BCUT2D eigenvalue weighted by Crippen LogP contribution is 2.23. The van der Waals surface area contributed by atoms with Gasteiger partial charge in [0.25, 0.3) is 0 Å². The Morgan fingerprint density at radius 1 is 1.67 bits per heavy atom. The lowest BCUT2D eigenvalue weighted by Crippen LogP contribution is -2.51. The van der Waals surface area contributed by atoms with Crippen molar-refractivity contribution in [3.63, 3.8) is 0 Å². The Kier molecular flexibility index (Phi) is 3.08. The summed E-state index contributed by atoms with van der Waals surface area (Å²) in [5.41, 5.74) is 5.52. The van der Waals surface area contributed by atoms with E-state index in [1.54, 1.807) is 0 Å². The molecule has 5 heteroatoms. The fraction of sp³-hybridized carbons (Fsp3) is 0.857. The summed E-state index contributed by atoms with van der Waals surface area (Å²) >= 11 is 1.92. The van der Waals surface area contributed by atoms with Gasteiger partial charge >= 0.3 is 0 Å². The summed E-state index contributed by atoms with van der Waals surface area (Å²) in [6.07, 6.45) is 0. The van der Waals surface area contributed by atoms with Crippen molar-refractivity contribution in [2.45, 2.75) is 25.1 Å². The summed E-state index contributed by atoms with van der Waals surface area (Å²) in [7, 11) is 0. The maximum atomic E-state index is 8.51. The molecule has 2 unspecified atom stereocenters. The minimum Gasteiger partial charge on any atom is -0.408 e. The molecule has 70 valence electrons.